The third-order valence-corrected chi connectivity index (χ3v) is 2.78. The highest BCUT2D eigenvalue weighted by Crippen LogP contribution is 2.15. The van der Waals surface area contributed by atoms with Crippen LogP contribution in [0.2, 0.25) is 0 Å². The van der Waals surface area contributed by atoms with Gasteiger partial charge in [0.25, 0.3) is 0 Å². The van der Waals surface area contributed by atoms with Crippen LogP contribution in [-0.2, 0) is 4.79 Å². The van der Waals surface area contributed by atoms with E-state index in [-0.39, 0.29) is 11.9 Å². The van der Waals surface area contributed by atoms with Crippen LogP contribution in [0.3, 0.4) is 0 Å². The molecule has 5 nitrogen and oxygen atoms in total. The Bertz CT molecular complexity index is 357. The molecule has 0 radical (unpaired) electrons. The van der Waals surface area contributed by atoms with Crippen molar-refractivity contribution in [3.63, 3.8) is 0 Å². The monoisotopic (exact) mass is 304 g/mol. The number of hydrogen-bond donors (Lipinski definition) is 2. The summed E-state index contributed by atoms with van der Waals surface area (Å²) in [5.74, 6) is 0.883. The van der Waals surface area contributed by atoms with Gasteiger partial charge in [0.1, 0.15) is 12.1 Å². The van der Waals surface area contributed by atoms with Crippen LogP contribution in [0.15, 0.2) is 12.5 Å². The van der Waals surface area contributed by atoms with Crippen molar-refractivity contribution in [3.8, 4) is 0 Å². The van der Waals surface area contributed by atoms with Gasteiger partial charge in [-0.15, -0.1) is 0 Å². The van der Waals surface area contributed by atoms with Gasteiger partial charge in [-0.2, -0.15) is 0 Å². The summed E-state index contributed by atoms with van der Waals surface area (Å²) in [6.45, 7) is 0.666. The molecule has 1 aromatic rings. The smallest absolute Gasteiger partial charge is 0.222 e. The molecule has 1 unspecified atom stereocenters. The minimum absolute atomic E-state index is 0.0894. The summed E-state index contributed by atoms with van der Waals surface area (Å²) in [7, 11) is 0. The molecule has 1 amide bonds. The van der Waals surface area contributed by atoms with Crippen molar-refractivity contribution in [1.82, 2.24) is 15.3 Å². The first-order valence-corrected chi connectivity index (χ1v) is 5.32. The number of aromatic nitrogens is 2. The van der Waals surface area contributed by atoms with Gasteiger partial charge < -0.3 is 10.6 Å². The second-order valence-corrected chi connectivity index (χ2v) is 4.23. The number of rotatable bonds is 2. The summed E-state index contributed by atoms with van der Waals surface area (Å²) < 4.78 is 0.962. The van der Waals surface area contributed by atoms with Crippen LogP contribution in [0.1, 0.15) is 6.42 Å². The topological polar surface area (TPSA) is 66.9 Å². The molecule has 1 aliphatic rings. The van der Waals surface area contributed by atoms with Crippen molar-refractivity contribution in [2.75, 3.05) is 11.9 Å². The molecule has 1 saturated heterocycles. The maximum Gasteiger partial charge on any atom is 0.222 e. The van der Waals surface area contributed by atoms with E-state index in [9.17, 15) is 4.79 Å². The lowest BCUT2D eigenvalue weighted by molar-refractivity contribution is -0.119. The molecule has 0 bridgehead atoms. The lowest BCUT2D eigenvalue weighted by Crippen LogP contribution is -2.23. The fraction of sp³-hybridized carbons (Fsp3) is 0.375. The molecule has 1 atom stereocenters. The van der Waals surface area contributed by atoms with Gasteiger partial charge in [0, 0.05) is 19.2 Å². The Balaban J connectivity index is 2.04. The van der Waals surface area contributed by atoms with Gasteiger partial charge in [-0.25, -0.2) is 9.97 Å². The van der Waals surface area contributed by atoms with Gasteiger partial charge in [-0.05, 0) is 22.6 Å². The van der Waals surface area contributed by atoms with E-state index in [0.29, 0.717) is 13.0 Å². The number of hydrogen-bond acceptors (Lipinski definition) is 4. The first-order chi connectivity index (χ1) is 6.75. The third kappa shape index (κ3) is 2.11. The number of amides is 1. The summed E-state index contributed by atoms with van der Waals surface area (Å²) >= 11 is 2.16. The molecule has 1 fully saturated rings. The van der Waals surface area contributed by atoms with Gasteiger partial charge >= 0.3 is 0 Å². The highest BCUT2D eigenvalue weighted by atomic mass is 127. The van der Waals surface area contributed by atoms with E-state index in [4.69, 9.17) is 0 Å². The van der Waals surface area contributed by atoms with E-state index in [1.54, 1.807) is 6.20 Å². The van der Waals surface area contributed by atoms with Crippen molar-refractivity contribution < 1.29 is 4.79 Å². The quantitative estimate of drug-likeness (QED) is 0.775. The molecule has 0 spiro atoms. The second-order valence-electron chi connectivity index (χ2n) is 3.07. The van der Waals surface area contributed by atoms with Gasteiger partial charge in [0.2, 0.25) is 5.91 Å². The Morgan fingerprint density at radius 1 is 1.64 bits per heavy atom. The molecule has 74 valence electrons. The number of nitrogens with one attached hydrogen (secondary N) is 2. The Hall–Kier alpha value is -0.920. The van der Waals surface area contributed by atoms with Crippen molar-refractivity contribution in [3.05, 3.63) is 16.1 Å². The van der Waals surface area contributed by atoms with E-state index in [1.807, 2.05) is 0 Å². The summed E-state index contributed by atoms with van der Waals surface area (Å²) in [6, 6.07) is 0.144. The van der Waals surface area contributed by atoms with Crippen LogP contribution in [-0.4, -0.2) is 28.5 Å². The standard InChI is InChI=1S/C8H9IN4O/c9-6-3-10-4-12-8(6)13-5-1-7(14)11-2-5/h3-5H,1-2H2,(H,11,14)(H,10,12,13). The predicted molar refractivity (Wildman–Crippen MR) is 59.8 cm³/mol. The average Bonchev–Trinajstić information content (AvgIpc) is 2.56. The molecule has 6 heteroatoms. The lowest BCUT2D eigenvalue weighted by atomic mass is 10.2. The maximum atomic E-state index is 10.9. The second kappa shape index (κ2) is 4.07. The predicted octanol–water partition coefficient (Wildman–Crippen LogP) is 0.382. The Morgan fingerprint density at radius 2 is 2.50 bits per heavy atom. The van der Waals surface area contributed by atoms with E-state index in [1.165, 1.54) is 6.33 Å². The Kier molecular flexibility index (Phi) is 2.80. The first-order valence-electron chi connectivity index (χ1n) is 4.24. The molecular formula is C8H9IN4O. The number of carbonyl (C=O) groups is 1. The van der Waals surface area contributed by atoms with Gasteiger partial charge in [0.05, 0.1) is 9.61 Å². The average molecular weight is 304 g/mol. The van der Waals surface area contributed by atoms with Crippen LogP contribution in [0.4, 0.5) is 5.82 Å². The van der Waals surface area contributed by atoms with Gasteiger partial charge in [-0.1, -0.05) is 0 Å². The Morgan fingerprint density at radius 3 is 3.14 bits per heavy atom. The normalized spacial score (nSPS) is 20.6. The minimum atomic E-state index is 0.0894. The largest absolute Gasteiger partial charge is 0.364 e. The van der Waals surface area contributed by atoms with Gasteiger partial charge in [0.15, 0.2) is 0 Å². The summed E-state index contributed by atoms with van der Waals surface area (Å²) in [5, 5.41) is 5.96. The van der Waals surface area contributed by atoms with E-state index in [2.05, 4.69) is 43.2 Å². The van der Waals surface area contributed by atoms with Crippen LogP contribution in [0.5, 0.6) is 0 Å². The van der Waals surface area contributed by atoms with Crippen molar-refractivity contribution in [1.29, 1.82) is 0 Å². The Labute approximate surface area is 94.8 Å². The van der Waals surface area contributed by atoms with E-state index < -0.39 is 0 Å². The van der Waals surface area contributed by atoms with Crippen LogP contribution < -0.4 is 10.6 Å². The molecular weight excluding hydrogens is 295 g/mol. The molecule has 14 heavy (non-hydrogen) atoms. The lowest BCUT2D eigenvalue weighted by Gasteiger charge is -2.11. The van der Waals surface area contributed by atoms with Crippen molar-refractivity contribution in [2.45, 2.75) is 12.5 Å². The zero-order valence-corrected chi connectivity index (χ0v) is 9.48. The number of anilines is 1. The molecule has 2 rings (SSSR count). The summed E-state index contributed by atoms with van der Waals surface area (Å²) in [6.07, 6.45) is 3.74. The third-order valence-electron chi connectivity index (χ3n) is 1.99. The zero-order chi connectivity index (χ0) is 9.97. The molecule has 1 aliphatic heterocycles. The summed E-state index contributed by atoms with van der Waals surface area (Å²) in [4.78, 5) is 18.9. The highest BCUT2D eigenvalue weighted by Gasteiger charge is 2.21. The number of halogens is 1. The zero-order valence-electron chi connectivity index (χ0n) is 7.33. The summed E-state index contributed by atoms with van der Waals surface area (Å²) in [5.41, 5.74) is 0. The molecule has 2 N–H and O–H groups in total. The van der Waals surface area contributed by atoms with Crippen molar-refractivity contribution in [2.24, 2.45) is 0 Å². The SMILES string of the molecule is O=C1CC(Nc2ncncc2I)CN1. The van der Waals surface area contributed by atoms with Crippen LogP contribution >= 0.6 is 22.6 Å². The molecule has 0 saturated carbocycles. The minimum Gasteiger partial charge on any atom is -0.364 e. The fourth-order valence-corrected chi connectivity index (χ4v) is 1.78. The highest BCUT2D eigenvalue weighted by molar-refractivity contribution is 14.1. The number of carbonyl (C=O) groups excluding carboxylic acids is 1. The maximum absolute atomic E-state index is 10.9. The van der Waals surface area contributed by atoms with Gasteiger partial charge in [-0.3, -0.25) is 4.79 Å². The molecule has 0 aromatic carbocycles. The molecule has 2 heterocycles. The van der Waals surface area contributed by atoms with Crippen molar-refractivity contribution >= 4 is 34.3 Å². The van der Waals surface area contributed by atoms with E-state index in [0.717, 1.165) is 9.39 Å². The fourth-order valence-electron chi connectivity index (χ4n) is 1.32. The van der Waals surface area contributed by atoms with Crippen LogP contribution in [0.25, 0.3) is 0 Å². The first kappa shape index (κ1) is 9.63. The van der Waals surface area contributed by atoms with Crippen LogP contribution in [0, 0.1) is 3.57 Å². The molecule has 0 aliphatic carbocycles. The molecule has 1 aromatic heterocycles. The van der Waals surface area contributed by atoms with E-state index >= 15 is 0 Å². The number of nitrogens with zero attached hydrogens (tertiary/aromatic N) is 2.